The molecule has 0 atom stereocenters. The summed E-state index contributed by atoms with van der Waals surface area (Å²) in [5, 5.41) is 0. The summed E-state index contributed by atoms with van der Waals surface area (Å²) in [6.07, 6.45) is 1.34. The van der Waals surface area contributed by atoms with Gasteiger partial charge < -0.3 is 14.5 Å². The third-order valence-corrected chi connectivity index (χ3v) is 5.23. The van der Waals surface area contributed by atoms with Crippen molar-refractivity contribution in [1.29, 1.82) is 0 Å². The summed E-state index contributed by atoms with van der Waals surface area (Å²) >= 11 is 0. The van der Waals surface area contributed by atoms with Gasteiger partial charge in [0.25, 0.3) is 0 Å². The van der Waals surface area contributed by atoms with Crippen LogP contribution >= 0.6 is 0 Å². The number of hydrogen-bond donors (Lipinski definition) is 0. The number of carbonyl (C=O) groups excluding carboxylic acids is 4. The lowest BCUT2D eigenvalue weighted by atomic mass is 10.1. The average Bonchev–Trinajstić information content (AvgIpc) is 3.04. The van der Waals surface area contributed by atoms with Crippen molar-refractivity contribution in [2.45, 2.75) is 25.7 Å². The number of benzene rings is 1. The molecule has 0 unspecified atom stereocenters. The van der Waals surface area contributed by atoms with Crippen LogP contribution in [0.5, 0.6) is 5.75 Å². The number of ether oxygens (including phenoxy) is 1. The summed E-state index contributed by atoms with van der Waals surface area (Å²) in [6, 6.07) is 7.63. The predicted molar refractivity (Wildman–Crippen MR) is 100 cm³/mol. The van der Waals surface area contributed by atoms with Crippen molar-refractivity contribution >= 4 is 23.6 Å². The standard InChI is InChI=1S/C20H25N3O5/c1-28-16-5-3-2-4-15(16)6-7-17(24)21-10-12-22(13-11-21)20(27)14-23-18(25)8-9-19(23)26/h2-5H,6-14H2,1H3. The normalized spacial score (nSPS) is 17.2. The van der Waals surface area contributed by atoms with E-state index in [1.807, 2.05) is 24.3 Å². The molecule has 0 spiro atoms. The van der Waals surface area contributed by atoms with Gasteiger partial charge in [-0.1, -0.05) is 18.2 Å². The Hall–Kier alpha value is -2.90. The Kier molecular flexibility index (Phi) is 6.28. The summed E-state index contributed by atoms with van der Waals surface area (Å²) in [4.78, 5) is 52.6. The van der Waals surface area contributed by atoms with Crippen molar-refractivity contribution in [3.05, 3.63) is 29.8 Å². The fraction of sp³-hybridized carbons (Fsp3) is 0.500. The summed E-state index contributed by atoms with van der Waals surface area (Å²) in [5.74, 6) is -0.00337. The fourth-order valence-corrected chi connectivity index (χ4v) is 3.55. The van der Waals surface area contributed by atoms with Crippen molar-refractivity contribution in [1.82, 2.24) is 14.7 Å². The minimum atomic E-state index is -0.288. The molecule has 4 amide bonds. The molecule has 0 aromatic heterocycles. The molecule has 2 aliphatic rings. The lowest BCUT2D eigenvalue weighted by Gasteiger charge is -2.35. The summed E-state index contributed by atoms with van der Waals surface area (Å²) in [6.45, 7) is 1.54. The van der Waals surface area contributed by atoms with E-state index in [1.54, 1.807) is 16.9 Å². The molecule has 0 N–H and O–H groups in total. The Morgan fingerprint density at radius 2 is 1.50 bits per heavy atom. The molecular formula is C20H25N3O5. The van der Waals surface area contributed by atoms with E-state index >= 15 is 0 Å². The maximum Gasteiger partial charge on any atom is 0.242 e. The first-order valence-corrected chi connectivity index (χ1v) is 9.50. The van der Waals surface area contributed by atoms with Gasteiger partial charge in [0.2, 0.25) is 23.6 Å². The number of hydrogen-bond acceptors (Lipinski definition) is 5. The summed E-state index contributed by atoms with van der Waals surface area (Å²) in [5.41, 5.74) is 0.993. The van der Waals surface area contributed by atoms with Gasteiger partial charge in [0.05, 0.1) is 7.11 Å². The number of methoxy groups -OCH3 is 1. The van der Waals surface area contributed by atoms with Gasteiger partial charge in [-0.05, 0) is 18.1 Å². The Labute approximate surface area is 164 Å². The number of piperazine rings is 1. The van der Waals surface area contributed by atoms with Crippen LogP contribution in [-0.2, 0) is 25.6 Å². The predicted octanol–water partition coefficient (Wildman–Crippen LogP) is 0.448. The van der Waals surface area contributed by atoms with Crippen LogP contribution in [0.15, 0.2) is 24.3 Å². The molecule has 3 rings (SSSR count). The topological polar surface area (TPSA) is 87.2 Å². The van der Waals surface area contributed by atoms with E-state index in [2.05, 4.69) is 0 Å². The molecule has 2 aliphatic heterocycles. The zero-order chi connectivity index (χ0) is 20.1. The van der Waals surface area contributed by atoms with Crippen LogP contribution in [0.4, 0.5) is 0 Å². The van der Waals surface area contributed by atoms with Crippen LogP contribution < -0.4 is 4.74 Å². The molecule has 0 saturated carbocycles. The molecule has 2 heterocycles. The van der Waals surface area contributed by atoms with Gasteiger partial charge in [-0.25, -0.2) is 0 Å². The number of carbonyl (C=O) groups is 4. The van der Waals surface area contributed by atoms with E-state index in [0.29, 0.717) is 39.0 Å². The number of likely N-dealkylation sites (tertiary alicyclic amines) is 1. The van der Waals surface area contributed by atoms with E-state index in [0.717, 1.165) is 16.2 Å². The minimum Gasteiger partial charge on any atom is -0.496 e. The van der Waals surface area contributed by atoms with Gasteiger partial charge in [-0.3, -0.25) is 24.1 Å². The minimum absolute atomic E-state index is 0.0444. The Morgan fingerprint density at radius 3 is 2.11 bits per heavy atom. The van der Waals surface area contributed by atoms with Gasteiger partial charge >= 0.3 is 0 Å². The SMILES string of the molecule is COc1ccccc1CCC(=O)N1CCN(C(=O)CN2C(=O)CCC2=O)CC1. The Morgan fingerprint density at radius 1 is 0.929 bits per heavy atom. The second kappa shape index (κ2) is 8.86. The second-order valence-corrected chi connectivity index (χ2v) is 6.95. The maximum atomic E-state index is 12.5. The molecule has 0 bridgehead atoms. The highest BCUT2D eigenvalue weighted by molar-refractivity contribution is 6.04. The molecule has 8 nitrogen and oxygen atoms in total. The van der Waals surface area contributed by atoms with E-state index in [-0.39, 0.29) is 43.0 Å². The number of rotatable bonds is 6. The highest BCUT2D eigenvalue weighted by atomic mass is 16.5. The molecule has 0 radical (unpaired) electrons. The lowest BCUT2D eigenvalue weighted by molar-refractivity contribution is -0.147. The lowest BCUT2D eigenvalue weighted by Crippen LogP contribution is -2.53. The molecule has 150 valence electrons. The van der Waals surface area contributed by atoms with E-state index < -0.39 is 0 Å². The van der Waals surface area contributed by atoms with Crippen molar-refractivity contribution in [3.63, 3.8) is 0 Å². The fourth-order valence-electron chi connectivity index (χ4n) is 3.55. The Balaban J connectivity index is 1.45. The molecule has 1 aromatic carbocycles. The van der Waals surface area contributed by atoms with Crippen molar-refractivity contribution in [3.8, 4) is 5.75 Å². The van der Waals surface area contributed by atoms with Gasteiger partial charge in [0, 0.05) is 45.4 Å². The van der Waals surface area contributed by atoms with Crippen LogP contribution in [-0.4, -0.2) is 78.2 Å². The maximum absolute atomic E-state index is 12.5. The van der Waals surface area contributed by atoms with Gasteiger partial charge in [0.1, 0.15) is 12.3 Å². The number of nitrogens with zero attached hydrogens (tertiary/aromatic N) is 3. The van der Waals surface area contributed by atoms with E-state index in [4.69, 9.17) is 4.74 Å². The number of imide groups is 1. The largest absolute Gasteiger partial charge is 0.496 e. The van der Waals surface area contributed by atoms with Crippen LogP contribution in [0, 0.1) is 0 Å². The van der Waals surface area contributed by atoms with Crippen LogP contribution in [0.3, 0.4) is 0 Å². The van der Waals surface area contributed by atoms with Gasteiger partial charge in [-0.15, -0.1) is 0 Å². The van der Waals surface area contributed by atoms with E-state index in [1.165, 1.54) is 0 Å². The van der Waals surface area contributed by atoms with Gasteiger partial charge in [0.15, 0.2) is 0 Å². The molecule has 2 fully saturated rings. The zero-order valence-electron chi connectivity index (χ0n) is 16.1. The third-order valence-electron chi connectivity index (χ3n) is 5.23. The summed E-state index contributed by atoms with van der Waals surface area (Å²) < 4.78 is 5.31. The van der Waals surface area contributed by atoms with Crippen molar-refractivity contribution in [2.24, 2.45) is 0 Å². The van der Waals surface area contributed by atoms with Crippen molar-refractivity contribution < 1.29 is 23.9 Å². The van der Waals surface area contributed by atoms with Crippen LogP contribution in [0.1, 0.15) is 24.8 Å². The number of para-hydroxylation sites is 1. The molecule has 2 saturated heterocycles. The first-order valence-electron chi connectivity index (χ1n) is 9.50. The third kappa shape index (κ3) is 4.49. The van der Waals surface area contributed by atoms with Crippen LogP contribution in [0.2, 0.25) is 0 Å². The molecule has 0 aliphatic carbocycles. The quantitative estimate of drug-likeness (QED) is 0.662. The first kappa shape index (κ1) is 19.9. The van der Waals surface area contributed by atoms with E-state index in [9.17, 15) is 19.2 Å². The highest BCUT2D eigenvalue weighted by Gasteiger charge is 2.32. The average molecular weight is 387 g/mol. The van der Waals surface area contributed by atoms with Crippen LogP contribution in [0.25, 0.3) is 0 Å². The second-order valence-electron chi connectivity index (χ2n) is 6.95. The Bertz CT molecular complexity index is 755. The molecule has 1 aromatic rings. The first-order chi connectivity index (χ1) is 13.5. The molecular weight excluding hydrogens is 362 g/mol. The number of aryl methyl sites for hydroxylation is 1. The highest BCUT2D eigenvalue weighted by Crippen LogP contribution is 2.19. The number of amides is 4. The molecule has 8 heteroatoms. The summed E-state index contributed by atoms with van der Waals surface area (Å²) in [7, 11) is 1.61. The smallest absolute Gasteiger partial charge is 0.242 e. The molecule has 28 heavy (non-hydrogen) atoms. The van der Waals surface area contributed by atoms with Gasteiger partial charge in [-0.2, -0.15) is 0 Å². The van der Waals surface area contributed by atoms with Crippen molar-refractivity contribution in [2.75, 3.05) is 39.8 Å². The zero-order valence-corrected chi connectivity index (χ0v) is 16.1. The monoisotopic (exact) mass is 387 g/mol.